The Morgan fingerprint density at radius 3 is 1.29 bits per heavy atom. The van der Waals surface area contributed by atoms with Crippen LogP contribution in [0.2, 0.25) is 0 Å². The summed E-state index contributed by atoms with van der Waals surface area (Å²) in [6.07, 6.45) is 0. The van der Waals surface area contributed by atoms with Gasteiger partial charge in [0.15, 0.2) is 11.2 Å². The molecule has 4 nitrogen and oxygen atoms in total. The summed E-state index contributed by atoms with van der Waals surface area (Å²) < 4.78 is 15.3. The lowest BCUT2D eigenvalue weighted by Crippen LogP contribution is -1.81. The lowest BCUT2D eigenvalue weighted by Gasteiger charge is -2.03. The van der Waals surface area contributed by atoms with Gasteiger partial charge in [-0.05, 0) is 85.3 Å². The van der Waals surface area contributed by atoms with Crippen molar-refractivity contribution in [2.24, 2.45) is 0 Å². The molecule has 0 saturated heterocycles. The molecule has 0 aliphatic carbocycles. The Balaban J connectivity index is 1.44. The van der Waals surface area contributed by atoms with Gasteiger partial charge in [0.05, 0.1) is 19.2 Å². The van der Waals surface area contributed by atoms with Gasteiger partial charge in [-0.15, -0.1) is 22.7 Å². The quantitative estimate of drug-likeness (QED) is 0.207. The molecule has 6 heteroatoms. The summed E-state index contributed by atoms with van der Waals surface area (Å²) in [5, 5.41) is 0. The summed E-state index contributed by atoms with van der Waals surface area (Å²) in [4.78, 5) is 12.0. The van der Waals surface area contributed by atoms with Crippen LogP contribution in [0.15, 0.2) is 93.8 Å². The van der Waals surface area contributed by atoms with Crippen LogP contribution in [0.3, 0.4) is 0 Å². The Bertz CT molecular complexity index is 2040. The summed E-state index contributed by atoms with van der Waals surface area (Å²) in [5.74, 6) is 1.30. The highest BCUT2D eigenvalue weighted by Crippen LogP contribution is 2.55. The average molecular weight is 583 g/mol. The van der Waals surface area contributed by atoms with E-state index >= 15 is 0 Å². The Labute approximate surface area is 250 Å². The zero-order chi connectivity index (χ0) is 28.5. The van der Waals surface area contributed by atoms with Crippen LogP contribution in [0, 0.1) is 27.7 Å². The van der Waals surface area contributed by atoms with Crippen molar-refractivity contribution in [3.63, 3.8) is 0 Å². The van der Waals surface area contributed by atoms with Gasteiger partial charge < -0.3 is 8.83 Å². The first-order valence-electron chi connectivity index (χ1n) is 13.9. The van der Waals surface area contributed by atoms with Crippen LogP contribution in [-0.4, -0.2) is 9.97 Å². The summed E-state index contributed by atoms with van der Waals surface area (Å²) in [7, 11) is 0. The lowest BCUT2D eigenvalue weighted by molar-refractivity contribution is 0.621. The molecule has 0 spiro atoms. The Morgan fingerprint density at radius 1 is 0.500 bits per heavy atom. The molecule has 42 heavy (non-hydrogen) atoms. The second-order valence-electron chi connectivity index (χ2n) is 10.8. The number of hydrogen-bond donors (Lipinski definition) is 0. The average Bonchev–Trinajstić information content (AvgIpc) is 3.75. The molecule has 0 N–H and O–H groups in total. The number of aromatic nitrogens is 2. The van der Waals surface area contributed by atoms with Crippen LogP contribution in [0.5, 0.6) is 0 Å². The standard InChI is InChI=1S/C36H26N2O2S2/c1-19-15-25-27(17-21(19)3)39-35(37-25)33-29(23-11-7-5-8-12-23)31-32(41-33)30(24-13-9-6-10-14-24)34(42-31)36-38-26-16-20(2)22(4)18-28(26)40-36/h5-18H,1-4H3. The van der Waals surface area contributed by atoms with Crippen LogP contribution in [0.4, 0.5) is 0 Å². The van der Waals surface area contributed by atoms with E-state index in [-0.39, 0.29) is 0 Å². The maximum Gasteiger partial charge on any atom is 0.238 e. The van der Waals surface area contributed by atoms with E-state index in [0.717, 1.165) is 54.2 Å². The molecule has 204 valence electrons. The minimum Gasteiger partial charge on any atom is -0.435 e. The molecule has 0 fully saturated rings. The van der Waals surface area contributed by atoms with Gasteiger partial charge in [0, 0.05) is 11.1 Å². The van der Waals surface area contributed by atoms with Crippen molar-refractivity contribution in [1.82, 2.24) is 9.97 Å². The first kappa shape index (κ1) is 25.2. The third-order valence-electron chi connectivity index (χ3n) is 8.04. The van der Waals surface area contributed by atoms with Crippen molar-refractivity contribution in [3.8, 4) is 43.8 Å². The van der Waals surface area contributed by atoms with Gasteiger partial charge in [-0.3, -0.25) is 0 Å². The molecule has 0 aliphatic rings. The minimum atomic E-state index is 0.649. The predicted octanol–water partition coefficient (Wildman–Crippen LogP) is 11.1. The molecule has 0 atom stereocenters. The molecule has 4 heterocycles. The zero-order valence-electron chi connectivity index (χ0n) is 23.6. The Morgan fingerprint density at radius 2 is 0.881 bits per heavy atom. The van der Waals surface area contributed by atoms with Gasteiger partial charge in [0.2, 0.25) is 11.8 Å². The van der Waals surface area contributed by atoms with E-state index in [9.17, 15) is 0 Å². The molecule has 4 aromatic heterocycles. The van der Waals surface area contributed by atoms with E-state index in [1.54, 1.807) is 22.7 Å². The Hall–Kier alpha value is -4.52. The number of rotatable bonds is 4. The van der Waals surface area contributed by atoms with Crippen molar-refractivity contribution in [2.75, 3.05) is 0 Å². The molecule has 8 aromatic rings. The molecule has 8 rings (SSSR count). The highest BCUT2D eigenvalue weighted by atomic mass is 32.1. The van der Waals surface area contributed by atoms with E-state index in [2.05, 4.69) is 113 Å². The molecule has 0 saturated carbocycles. The number of fused-ring (bicyclic) bond motifs is 3. The fourth-order valence-electron chi connectivity index (χ4n) is 5.52. The van der Waals surface area contributed by atoms with Crippen molar-refractivity contribution >= 4 is 54.3 Å². The second-order valence-corrected chi connectivity index (χ2v) is 12.9. The first-order valence-corrected chi connectivity index (χ1v) is 15.5. The minimum absolute atomic E-state index is 0.649. The number of aryl methyl sites for hydroxylation is 4. The molecule has 0 bridgehead atoms. The molecule has 0 amide bonds. The maximum absolute atomic E-state index is 6.45. The molecular formula is C36H26N2O2S2. The predicted molar refractivity (Wildman–Crippen MR) is 176 cm³/mol. The van der Waals surface area contributed by atoms with Crippen LogP contribution in [0.1, 0.15) is 22.3 Å². The SMILES string of the molecule is Cc1cc2nc(-c3sc4c(-c5ccccc5)c(-c5nc6cc(C)c(C)cc6o5)sc4c3-c3ccccc3)oc2cc1C. The normalized spacial score (nSPS) is 11.8. The zero-order valence-corrected chi connectivity index (χ0v) is 25.2. The topological polar surface area (TPSA) is 52.1 Å². The third-order valence-corrected chi connectivity index (χ3v) is 10.6. The van der Waals surface area contributed by atoms with E-state index in [1.165, 1.54) is 31.7 Å². The van der Waals surface area contributed by atoms with Crippen molar-refractivity contribution in [3.05, 3.63) is 107 Å². The maximum atomic E-state index is 6.45. The van der Waals surface area contributed by atoms with Gasteiger partial charge >= 0.3 is 0 Å². The molecule has 0 aliphatic heterocycles. The number of thiophene rings is 2. The highest BCUT2D eigenvalue weighted by molar-refractivity contribution is 7.33. The van der Waals surface area contributed by atoms with Crippen molar-refractivity contribution < 1.29 is 8.83 Å². The number of benzene rings is 4. The molecule has 0 radical (unpaired) electrons. The van der Waals surface area contributed by atoms with E-state index in [0.29, 0.717) is 11.8 Å². The van der Waals surface area contributed by atoms with Crippen LogP contribution in [-0.2, 0) is 0 Å². The highest BCUT2D eigenvalue weighted by Gasteiger charge is 2.28. The largest absolute Gasteiger partial charge is 0.435 e. The van der Waals surface area contributed by atoms with Crippen LogP contribution < -0.4 is 0 Å². The van der Waals surface area contributed by atoms with E-state index in [1.807, 2.05) is 0 Å². The summed E-state index contributed by atoms with van der Waals surface area (Å²) >= 11 is 3.46. The van der Waals surface area contributed by atoms with Gasteiger partial charge in [0.1, 0.15) is 11.0 Å². The molecule has 0 unspecified atom stereocenters. The molecular weight excluding hydrogens is 557 g/mol. The van der Waals surface area contributed by atoms with Crippen LogP contribution >= 0.6 is 22.7 Å². The smallest absolute Gasteiger partial charge is 0.238 e. The van der Waals surface area contributed by atoms with E-state index < -0.39 is 0 Å². The fraction of sp³-hybridized carbons (Fsp3) is 0.111. The number of nitrogens with zero attached hydrogens (tertiary/aromatic N) is 2. The van der Waals surface area contributed by atoms with Gasteiger partial charge in [0.25, 0.3) is 0 Å². The van der Waals surface area contributed by atoms with Crippen LogP contribution in [0.25, 0.3) is 75.4 Å². The fourth-order valence-corrected chi connectivity index (χ4v) is 8.34. The second kappa shape index (κ2) is 9.51. The van der Waals surface area contributed by atoms with Gasteiger partial charge in [-0.2, -0.15) is 0 Å². The number of hydrogen-bond acceptors (Lipinski definition) is 6. The van der Waals surface area contributed by atoms with Crippen molar-refractivity contribution in [2.45, 2.75) is 27.7 Å². The van der Waals surface area contributed by atoms with Crippen molar-refractivity contribution in [1.29, 1.82) is 0 Å². The third kappa shape index (κ3) is 3.94. The summed E-state index contributed by atoms with van der Waals surface area (Å²) in [5.41, 5.74) is 12.7. The lowest BCUT2D eigenvalue weighted by atomic mass is 10.0. The monoisotopic (exact) mass is 582 g/mol. The first-order chi connectivity index (χ1) is 20.4. The van der Waals surface area contributed by atoms with Gasteiger partial charge in [-0.25, -0.2) is 9.97 Å². The van der Waals surface area contributed by atoms with E-state index in [4.69, 9.17) is 18.8 Å². The Kier molecular flexibility index (Phi) is 5.71. The number of oxazole rings is 2. The summed E-state index contributed by atoms with van der Waals surface area (Å²) in [6, 6.07) is 29.5. The summed E-state index contributed by atoms with van der Waals surface area (Å²) in [6.45, 7) is 8.44. The van der Waals surface area contributed by atoms with Gasteiger partial charge in [-0.1, -0.05) is 60.7 Å². The molecule has 4 aromatic carbocycles.